The molecule has 0 bridgehead atoms. The summed E-state index contributed by atoms with van der Waals surface area (Å²) >= 11 is 1.74. The van der Waals surface area contributed by atoms with E-state index in [0.29, 0.717) is 5.96 Å². The highest BCUT2D eigenvalue weighted by atomic mass is 32.1. The second-order valence-electron chi connectivity index (χ2n) is 6.05. The maximum Gasteiger partial charge on any atom is 0.243 e. The highest BCUT2D eigenvalue weighted by molar-refractivity contribution is 7.10. The largest absolute Gasteiger partial charge is 0.356 e. The smallest absolute Gasteiger partial charge is 0.243 e. The molecule has 1 aromatic carbocycles. The van der Waals surface area contributed by atoms with Crippen molar-refractivity contribution in [2.45, 2.75) is 19.3 Å². The summed E-state index contributed by atoms with van der Waals surface area (Å²) in [6.07, 6.45) is 0. The second kappa shape index (κ2) is 8.49. The fourth-order valence-corrected chi connectivity index (χ4v) is 3.02. The molecule has 5 nitrogen and oxygen atoms in total. The van der Waals surface area contributed by atoms with E-state index < -0.39 is 0 Å². The molecule has 1 aromatic heterocycles. The van der Waals surface area contributed by atoms with E-state index >= 15 is 0 Å². The lowest BCUT2D eigenvalue weighted by molar-refractivity contribution is -0.115. The summed E-state index contributed by atoms with van der Waals surface area (Å²) in [6, 6.07) is 13.6. The van der Waals surface area contributed by atoms with E-state index in [2.05, 4.69) is 52.3 Å². The van der Waals surface area contributed by atoms with Gasteiger partial charge in [-0.3, -0.25) is 9.79 Å². The van der Waals surface area contributed by atoms with Crippen LogP contribution >= 0.6 is 11.3 Å². The Balaban J connectivity index is 1.79. The van der Waals surface area contributed by atoms with Gasteiger partial charge in [-0.05, 0) is 23.6 Å². The summed E-state index contributed by atoms with van der Waals surface area (Å²) < 4.78 is 0. The number of rotatable bonds is 6. The van der Waals surface area contributed by atoms with E-state index in [4.69, 9.17) is 0 Å². The number of hydrogen-bond donors (Lipinski definition) is 3. The van der Waals surface area contributed by atoms with Gasteiger partial charge in [0, 0.05) is 29.6 Å². The topological polar surface area (TPSA) is 65.5 Å². The Morgan fingerprint density at radius 1 is 1.12 bits per heavy atom. The molecular formula is C18H24N4OS. The van der Waals surface area contributed by atoms with Crippen molar-refractivity contribution in [2.24, 2.45) is 4.99 Å². The predicted octanol–water partition coefficient (Wildman–Crippen LogP) is 2.83. The maximum absolute atomic E-state index is 12.0. The fraction of sp³-hybridized carbons (Fsp3) is 0.333. The molecule has 0 atom stereocenters. The zero-order chi connectivity index (χ0) is 17.4. The summed E-state index contributed by atoms with van der Waals surface area (Å²) in [5, 5.41) is 11.2. The van der Waals surface area contributed by atoms with Gasteiger partial charge >= 0.3 is 0 Å². The number of nitrogens with one attached hydrogen (secondary N) is 3. The molecule has 0 radical (unpaired) electrons. The van der Waals surface area contributed by atoms with Crippen molar-refractivity contribution < 1.29 is 4.79 Å². The first kappa shape index (κ1) is 18.0. The number of para-hydroxylation sites is 1. The summed E-state index contributed by atoms with van der Waals surface area (Å²) in [7, 11) is 1.70. The lowest BCUT2D eigenvalue weighted by Gasteiger charge is -2.25. The minimum Gasteiger partial charge on any atom is -0.356 e. The molecule has 128 valence electrons. The van der Waals surface area contributed by atoms with E-state index in [-0.39, 0.29) is 17.9 Å². The third-order valence-electron chi connectivity index (χ3n) is 3.58. The van der Waals surface area contributed by atoms with Crippen LogP contribution in [0.1, 0.15) is 18.7 Å². The number of benzene rings is 1. The zero-order valence-corrected chi connectivity index (χ0v) is 15.1. The average molecular weight is 344 g/mol. The molecule has 2 rings (SSSR count). The molecule has 0 aliphatic heterocycles. The summed E-state index contributed by atoms with van der Waals surface area (Å²) in [6.45, 7) is 5.25. The Morgan fingerprint density at radius 2 is 1.88 bits per heavy atom. The Morgan fingerprint density at radius 3 is 2.50 bits per heavy atom. The third kappa shape index (κ3) is 5.38. The maximum atomic E-state index is 12.0. The summed E-state index contributed by atoms with van der Waals surface area (Å²) in [5.41, 5.74) is 0.782. The number of guanidine groups is 1. The van der Waals surface area contributed by atoms with Crippen LogP contribution in [-0.4, -0.2) is 32.0 Å². The van der Waals surface area contributed by atoms with Crippen LogP contribution in [0.25, 0.3) is 0 Å². The lowest BCUT2D eigenvalue weighted by Crippen LogP contribution is -2.45. The van der Waals surface area contributed by atoms with Crippen molar-refractivity contribution in [3.8, 4) is 0 Å². The van der Waals surface area contributed by atoms with Gasteiger partial charge in [-0.25, -0.2) is 0 Å². The number of thiophene rings is 1. The molecule has 0 fully saturated rings. The van der Waals surface area contributed by atoms with Crippen LogP contribution < -0.4 is 16.0 Å². The second-order valence-corrected chi connectivity index (χ2v) is 7.00. The molecule has 6 heteroatoms. The Hall–Kier alpha value is -2.34. The molecule has 0 spiro atoms. The van der Waals surface area contributed by atoms with Gasteiger partial charge in [0.2, 0.25) is 5.91 Å². The van der Waals surface area contributed by atoms with Gasteiger partial charge in [0.25, 0.3) is 0 Å². The standard InChI is InChI=1S/C18H24N4OS/c1-18(2,15-10-7-11-24-15)13-21-17(19-3)20-12-16(23)22-14-8-5-4-6-9-14/h4-11H,12-13H2,1-3H3,(H,22,23)(H2,19,20,21). The monoisotopic (exact) mass is 344 g/mol. The van der Waals surface area contributed by atoms with Crippen molar-refractivity contribution in [3.63, 3.8) is 0 Å². The van der Waals surface area contributed by atoms with Gasteiger partial charge in [0.05, 0.1) is 6.54 Å². The van der Waals surface area contributed by atoms with E-state index in [1.807, 2.05) is 30.3 Å². The minimum atomic E-state index is -0.110. The predicted molar refractivity (Wildman–Crippen MR) is 102 cm³/mol. The number of nitrogens with zero attached hydrogens (tertiary/aromatic N) is 1. The van der Waals surface area contributed by atoms with E-state index in [1.165, 1.54) is 4.88 Å². The van der Waals surface area contributed by atoms with Crippen molar-refractivity contribution in [3.05, 3.63) is 52.7 Å². The first-order valence-corrected chi connectivity index (χ1v) is 8.72. The molecule has 0 saturated heterocycles. The van der Waals surface area contributed by atoms with Gasteiger partial charge in [0.15, 0.2) is 5.96 Å². The molecule has 2 aromatic rings. The van der Waals surface area contributed by atoms with Crippen LogP contribution in [0.3, 0.4) is 0 Å². The number of hydrogen-bond acceptors (Lipinski definition) is 3. The third-order valence-corrected chi connectivity index (χ3v) is 4.82. The van der Waals surface area contributed by atoms with Gasteiger partial charge in [-0.2, -0.15) is 0 Å². The first-order chi connectivity index (χ1) is 11.5. The normalized spacial score (nSPS) is 11.9. The summed E-state index contributed by atoms with van der Waals surface area (Å²) in [4.78, 5) is 17.4. The number of carbonyl (C=O) groups excluding carboxylic acids is 1. The molecule has 0 unspecified atom stereocenters. The highest BCUT2D eigenvalue weighted by Crippen LogP contribution is 2.26. The van der Waals surface area contributed by atoms with Crippen LogP contribution in [0.4, 0.5) is 5.69 Å². The van der Waals surface area contributed by atoms with Crippen molar-refractivity contribution >= 4 is 28.9 Å². The van der Waals surface area contributed by atoms with Crippen molar-refractivity contribution in [2.75, 3.05) is 25.5 Å². The Bertz CT molecular complexity index is 666. The number of aliphatic imine (C=N–C) groups is 1. The molecule has 24 heavy (non-hydrogen) atoms. The van der Waals surface area contributed by atoms with Gasteiger partial charge in [-0.1, -0.05) is 38.1 Å². The van der Waals surface area contributed by atoms with Crippen LogP contribution in [0.15, 0.2) is 52.8 Å². The molecule has 0 aliphatic carbocycles. The van der Waals surface area contributed by atoms with E-state index in [0.717, 1.165) is 12.2 Å². The molecule has 0 aliphatic rings. The molecule has 1 amide bonds. The number of carbonyl (C=O) groups is 1. The Kier molecular flexibility index (Phi) is 6.37. The number of anilines is 1. The van der Waals surface area contributed by atoms with Crippen LogP contribution in [0.5, 0.6) is 0 Å². The quantitative estimate of drug-likeness (QED) is 0.558. The highest BCUT2D eigenvalue weighted by Gasteiger charge is 2.21. The molecular weight excluding hydrogens is 320 g/mol. The zero-order valence-electron chi connectivity index (χ0n) is 14.3. The molecule has 0 saturated carbocycles. The van der Waals surface area contributed by atoms with Crippen LogP contribution in [0.2, 0.25) is 0 Å². The summed E-state index contributed by atoms with van der Waals surface area (Å²) in [5.74, 6) is 0.504. The van der Waals surface area contributed by atoms with Gasteiger partial charge in [0.1, 0.15) is 0 Å². The first-order valence-electron chi connectivity index (χ1n) is 7.85. The average Bonchev–Trinajstić information content (AvgIpc) is 3.11. The van der Waals surface area contributed by atoms with Crippen molar-refractivity contribution in [1.82, 2.24) is 10.6 Å². The fourth-order valence-electron chi connectivity index (χ4n) is 2.17. The van der Waals surface area contributed by atoms with Crippen molar-refractivity contribution in [1.29, 1.82) is 0 Å². The van der Waals surface area contributed by atoms with Crippen LogP contribution in [0, 0.1) is 0 Å². The minimum absolute atomic E-state index is 0.00190. The number of amides is 1. The molecule has 3 N–H and O–H groups in total. The SMILES string of the molecule is CN=C(NCC(=O)Nc1ccccc1)NCC(C)(C)c1cccs1. The Labute approximate surface area is 147 Å². The van der Waals surface area contributed by atoms with Crippen LogP contribution in [-0.2, 0) is 10.2 Å². The molecule has 1 heterocycles. The lowest BCUT2D eigenvalue weighted by atomic mass is 9.91. The van der Waals surface area contributed by atoms with Gasteiger partial charge < -0.3 is 16.0 Å². The van der Waals surface area contributed by atoms with E-state index in [1.54, 1.807) is 18.4 Å². The van der Waals surface area contributed by atoms with E-state index in [9.17, 15) is 4.79 Å². The van der Waals surface area contributed by atoms with Gasteiger partial charge in [-0.15, -0.1) is 11.3 Å².